The monoisotopic (exact) mass is 424 g/mol. The van der Waals surface area contributed by atoms with Crippen molar-refractivity contribution in [3.63, 3.8) is 0 Å². The molecule has 0 amide bonds. The van der Waals surface area contributed by atoms with Crippen LogP contribution in [0.4, 0.5) is 0 Å². The van der Waals surface area contributed by atoms with Crippen molar-refractivity contribution in [3.05, 3.63) is 71.8 Å². The zero-order chi connectivity index (χ0) is 20.2. The normalized spacial score (nSPS) is 22.5. The first-order chi connectivity index (χ1) is 14.1. The zero-order valence-electron chi connectivity index (χ0n) is 16.8. The van der Waals surface area contributed by atoms with Crippen molar-refractivity contribution >= 4 is 34.7 Å². The molecule has 0 saturated carbocycles. The lowest BCUT2D eigenvalue weighted by Gasteiger charge is -2.35. The van der Waals surface area contributed by atoms with Crippen LogP contribution in [-0.2, 0) is 12.8 Å². The van der Waals surface area contributed by atoms with Crippen LogP contribution in [0.3, 0.4) is 0 Å². The van der Waals surface area contributed by atoms with Gasteiger partial charge in [-0.2, -0.15) is 0 Å². The van der Waals surface area contributed by atoms with E-state index in [1.54, 1.807) is 0 Å². The van der Waals surface area contributed by atoms with Gasteiger partial charge in [0, 0.05) is 25.7 Å². The van der Waals surface area contributed by atoms with E-state index in [4.69, 9.17) is 24.4 Å². The number of benzene rings is 2. The molecular weight excluding hydrogens is 396 g/mol. The first-order valence-corrected chi connectivity index (χ1v) is 11.1. The van der Waals surface area contributed by atoms with E-state index < -0.39 is 0 Å². The summed E-state index contributed by atoms with van der Waals surface area (Å²) in [4.78, 5) is 4.73. The summed E-state index contributed by atoms with van der Waals surface area (Å²) in [6.45, 7) is 4.89. The molecule has 2 saturated heterocycles. The Morgan fingerprint density at radius 3 is 2.24 bits per heavy atom. The average Bonchev–Trinajstić information content (AvgIpc) is 3.24. The lowest BCUT2D eigenvalue weighted by molar-refractivity contribution is 0.239. The molecule has 2 N–H and O–H groups in total. The van der Waals surface area contributed by atoms with E-state index in [0.29, 0.717) is 12.1 Å². The second kappa shape index (κ2) is 9.09. The van der Waals surface area contributed by atoms with Crippen molar-refractivity contribution in [3.8, 4) is 0 Å². The van der Waals surface area contributed by atoms with Crippen LogP contribution in [0.2, 0.25) is 0 Å². The fraction of sp³-hybridized carbons (Fsp3) is 0.391. The highest BCUT2D eigenvalue weighted by molar-refractivity contribution is 7.80. The van der Waals surface area contributed by atoms with Crippen LogP contribution in [0.15, 0.2) is 60.7 Å². The van der Waals surface area contributed by atoms with Gasteiger partial charge in [0.2, 0.25) is 0 Å². The van der Waals surface area contributed by atoms with Gasteiger partial charge in [0.25, 0.3) is 0 Å². The van der Waals surface area contributed by atoms with Crippen LogP contribution in [0.5, 0.6) is 0 Å². The molecule has 4 nitrogen and oxygen atoms in total. The Kier molecular flexibility index (Phi) is 6.31. The zero-order valence-corrected chi connectivity index (χ0v) is 18.4. The first-order valence-electron chi connectivity index (χ1n) is 10.3. The third-order valence-corrected chi connectivity index (χ3v) is 6.50. The maximum atomic E-state index is 5.69. The van der Waals surface area contributed by atoms with E-state index in [1.165, 1.54) is 11.1 Å². The Morgan fingerprint density at radius 2 is 1.62 bits per heavy atom. The minimum atomic E-state index is 0.276. The number of hydrogen-bond acceptors (Lipinski definition) is 2. The van der Waals surface area contributed by atoms with Crippen LogP contribution in [0.1, 0.15) is 18.1 Å². The molecular formula is C23H28N4S2. The second-order valence-corrected chi connectivity index (χ2v) is 8.80. The van der Waals surface area contributed by atoms with Gasteiger partial charge in [-0.05, 0) is 55.3 Å². The fourth-order valence-electron chi connectivity index (χ4n) is 4.30. The summed E-state index contributed by atoms with van der Waals surface area (Å²) in [5, 5.41) is 8.53. The van der Waals surface area contributed by atoms with E-state index in [0.717, 1.165) is 42.7 Å². The highest BCUT2D eigenvalue weighted by atomic mass is 32.1. The molecule has 0 bridgehead atoms. The van der Waals surface area contributed by atoms with Crippen LogP contribution < -0.4 is 10.6 Å². The van der Waals surface area contributed by atoms with Crippen molar-refractivity contribution in [1.29, 1.82) is 0 Å². The van der Waals surface area contributed by atoms with Gasteiger partial charge >= 0.3 is 0 Å². The molecule has 152 valence electrons. The highest BCUT2D eigenvalue weighted by Gasteiger charge is 2.35. The molecule has 0 spiro atoms. The van der Waals surface area contributed by atoms with Crippen molar-refractivity contribution in [2.24, 2.45) is 0 Å². The molecule has 2 aliphatic rings. The third-order valence-electron chi connectivity index (χ3n) is 5.77. The minimum Gasteiger partial charge on any atom is -0.360 e. The number of nitrogens with one attached hydrogen (secondary N) is 2. The van der Waals surface area contributed by atoms with Crippen molar-refractivity contribution in [2.75, 3.05) is 19.6 Å². The summed E-state index contributed by atoms with van der Waals surface area (Å²) in [6.07, 6.45) is 1.94. The number of thiocarbonyl (C=S) groups is 2. The van der Waals surface area contributed by atoms with E-state index in [2.05, 4.69) is 88.0 Å². The largest absolute Gasteiger partial charge is 0.360 e. The predicted octanol–water partition coefficient (Wildman–Crippen LogP) is 2.98. The molecule has 3 atom stereocenters. The van der Waals surface area contributed by atoms with Gasteiger partial charge in [-0.3, -0.25) is 0 Å². The highest BCUT2D eigenvalue weighted by Crippen LogP contribution is 2.20. The van der Waals surface area contributed by atoms with Crippen molar-refractivity contribution < 1.29 is 0 Å². The van der Waals surface area contributed by atoms with E-state index in [-0.39, 0.29) is 6.04 Å². The quantitative estimate of drug-likeness (QED) is 0.665. The van der Waals surface area contributed by atoms with Crippen LogP contribution in [-0.4, -0.2) is 57.8 Å². The van der Waals surface area contributed by atoms with Crippen LogP contribution in [0.25, 0.3) is 0 Å². The van der Waals surface area contributed by atoms with Gasteiger partial charge in [-0.15, -0.1) is 0 Å². The number of rotatable bonds is 7. The molecule has 0 aliphatic carbocycles. The van der Waals surface area contributed by atoms with Gasteiger partial charge in [0.15, 0.2) is 10.2 Å². The molecule has 2 aliphatic heterocycles. The van der Waals surface area contributed by atoms with E-state index >= 15 is 0 Å². The molecule has 0 aromatic heterocycles. The lowest BCUT2D eigenvalue weighted by Crippen LogP contribution is -2.49. The van der Waals surface area contributed by atoms with E-state index in [1.807, 2.05) is 0 Å². The fourth-order valence-corrected chi connectivity index (χ4v) is 5.03. The van der Waals surface area contributed by atoms with Crippen LogP contribution in [0, 0.1) is 0 Å². The van der Waals surface area contributed by atoms with E-state index in [9.17, 15) is 0 Å². The Bertz CT molecular complexity index is 842. The maximum Gasteiger partial charge on any atom is 0.169 e. The Balaban J connectivity index is 1.53. The first kappa shape index (κ1) is 20.1. The summed E-state index contributed by atoms with van der Waals surface area (Å²) in [5.74, 6) is 0. The van der Waals surface area contributed by atoms with Gasteiger partial charge in [-0.1, -0.05) is 60.7 Å². The summed E-state index contributed by atoms with van der Waals surface area (Å²) >= 11 is 11.4. The third kappa shape index (κ3) is 4.87. The molecule has 2 heterocycles. The molecule has 2 fully saturated rings. The Morgan fingerprint density at radius 1 is 0.966 bits per heavy atom. The Hall–Kier alpha value is -2.18. The standard InChI is InChI=1S/C23H28N4S2/c1-17-15-26(23(29)25-17)21(13-19-10-6-3-7-11-19)16-27-20(14-24-22(27)28)12-18-8-4-2-5-9-18/h2-11,17,20-21H,12-16H2,1H3,(H,24,28)(H,25,29). The summed E-state index contributed by atoms with van der Waals surface area (Å²) < 4.78 is 0. The second-order valence-electron chi connectivity index (χ2n) is 8.03. The van der Waals surface area contributed by atoms with Gasteiger partial charge in [-0.25, -0.2) is 0 Å². The lowest BCUT2D eigenvalue weighted by atomic mass is 10.0. The molecule has 2 aromatic carbocycles. The molecule has 4 rings (SSSR count). The molecule has 6 heteroatoms. The van der Waals surface area contributed by atoms with Crippen molar-refractivity contribution in [2.45, 2.75) is 37.9 Å². The topological polar surface area (TPSA) is 30.5 Å². The molecule has 3 unspecified atom stereocenters. The molecule has 29 heavy (non-hydrogen) atoms. The van der Waals surface area contributed by atoms with Gasteiger partial charge < -0.3 is 20.4 Å². The predicted molar refractivity (Wildman–Crippen MR) is 127 cm³/mol. The van der Waals surface area contributed by atoms with Crippen LogP contribution >= 0.6 is 24.4 Å². The van der Waals surface area contributed by atoms with Gasteiger partial charge in [0.1, 0.15) is 0 Å². The summed E-state index contributed by atoms with van der Waals surface area (Å²) in [7, 11) is 0. The maximum absolute atomic E-state index is 5.69. The SMILES string of the molecule is CC1CN(C(Cc2ccccc2)CN2C(=S)NCC2Cc2ccccc2)C(=S)N1. The molecule has 2 aromatic rings. The Labute approximate surface area is 184 Å². The summed E-state index contributed by atoms with van der Waals surface area (Å²) in [6, 6.07) is 22.4. The minimum absolute atomic E-state index is 0.276. The smallest absolute Gasteiger partial charge is 0.169 e. The number of hydrogen-bond donors (Lipinski definition) is 2. The van der Waals surface area contributed by atoms with Gasteiger partial charge in [0.05, 0.1) is 12.1 Å². The average molecular weight is 425 g/mol. The molecule has 0 radical (unpaired) electrons. The summed E-state index contributed by atoms with van der Waals surface area (Å²) in [5.41, 5.74) is 2.68. The van der Waals surface area contributed by atoms with Crippen molar-refractivity contribution in [1.82, 2.24) is 20.4 Å². The number of nitrogens with zero attached hydrogens (tertiary/aromatic N) is 2.